The van der Waals surface area contributed by atoms with Crippen molar-refractivity contribution in [2.45, 2.75) is 33.0 Å². The van der Waals surface area contributed by atoms with Gasteiger partial charge in [-0.3, -0.25) is 4.79 Å². The molecular formula is C9H17F3N2O. The molecule has 1 atom stereocenters. The number of amides is 1. The van der Waals surface area contributed by atoms with Crippen LogP contribution >= 0.6 is 0 Å². The van der Waals surface area contributed by atoms with Crippen molar-refractivity contribution in [3.63, 3.8) is 0 Å². The van der Waals surface area contributed by atoms with Crippen molar-refractivity contribution in [1.82, 2.24) is 10.6 Å². The molecule has 0 fully saturated rings. The molecule has 90 valence electrons. The van der Waals surface area contributed by atoms with Crippen molar-refractivity contribution < 1.29 is 18.0 Å². The van der Waals surface area contributed by atoms with E-state index in [1.165, 1.54) is 6.92 Å². The molecule has 0 spiro atoms. The lowest BCUT2D eigenvalue weighted by Gasteiger charge is -2.16. The highest BCUT2D eigenvalue weighted by Crippen LogP contribution is 2.12. The smallest absolute Gasteiger partial charge is 0.346 e. The summed E-state index contributed by atoms with van der Waals surface area (Å²) in [6.07, 6.45) is -4.35. The highest BCUT2D eigenvalue weighted by molar-refractivity contribution is 5.81. The molecule has 0 saturated carbocycles. The maximum atomic E-state index is 11.8. The van der Waals surface area contributed by atoms with E-state index >= 15 is 0 Å². The zero-order valence-electron chi connectivity index (χ0n) is 9.11. The van der Waals surface area contributed by atoms with Crippen molar-refractivity contribution in [3.05, 3.63) is 0 Å². The van der Waals surface area contributed by atoms with Gasteiger partial charge < -0.3 is 10.6 Å². The molecule has 3 nitrogen and oxygen atoms in total. The Labute approximate surface area is 87.4 Å². The van der Waals surface area contributed by atoms with E-state index in [0.717, 1.165) is 0 Å². The maximum Gasteiger partial charge on any atom is 0.405 e. The van der Waals surface area contributed by atoms with Crippen LogP contribution < -0.4 is 10.6 Å². The summed E-state index contributed by atoms with van der Waals surface area (Å²) < 4.78 is 35.3. The largest absolute Gasteiger partial charge is 0.405 e. The van der Waals surface area contributed by atoms with E-state index in [-0.39, 0.29) is 0 Å². The highest BCUT2D eigenvalue weighted by Gasteiger charge is 2.28. The molecule has 0 rings (SSSR count). The van der Waals surface area contributed by atoms with Crippen molar-refractivity contribution in [1.29, 1.82) is 0 Å². The summed E-state index contributed by atoms with van der Waals surface area (Å²) >= 11 is 0. The second-order valence-corrected chi connectivity index (χ2v) is 3.86. The second-order valence-electron chi connectivity index (χ2n) is 3.86. The summed E-state index contributed by atoms with van der Waals surface area (Å²) in [7, 11) is 0. The molecule has 0 aliphatic rings. The normalized spacial score (nSPS) is 14.1. The molecule has 0 saturated heterocycles. The predicted molar refractivity (Wildman–Crippen MR) is 51.4 cm³/mol. The molecule has 0 radical (unpaired) electrons. The Hall–Kier alpha value is -0.780. The van der Waals surface area contributed by atoms with Crippen LogP contribution in [-0.4, -0.2) is 31.2 Å². The number of carbonyl (C=O) groups is 1. The van der Waals surface area contributed by atoms with E-state index in [4.69, 9.17) is 0 Å². The summed E-state index contributed by atoms with van der Waals surface area (Å²) in [5.41, 5.74) is 0. The van der Waals surface area contributed by atoms with Gasteiger partial charge in [-0.2, -0.15) is 13.2 Å². The van der Waals surface area contributed by atoms with Gasteiger partial charge in [-0.25, -0.2) is 0 Å². The summed E-state index contributed by atoms with van der Waals surface area (Å²) in [4.78, 5) is 11.1. The molecule has 2 N–H and O–H groups in total. The molecule has 0 aliphatic heterocycles. The van der Waals surface area contributed by atoms with Gasteiger partial charge in [0.15, 0.2) is 0 Å². The van der Waals surface area contributed by atoms with E-state index in [2.05, 4.69) is 5.32 Å². The summed E-state index contributed by atoms with van der Waals surface area (Å²) in [6.45, 7) is 4.76. The topological polar surface area (TPSA) is 41.1 Å². The molecule has 0 aromatic carbocycles. The fourth-order valence-electron chi connectivity index (χ4n) is 0.846. The van der Waals surface area contributed by atoms with Crippen LogP contribution in [0.25, 0.3) is 0 Å². The van der Waals surface area contributed by atoms with Crippen LogP contribution in [-0.2, 0) is 4.79 Å². The lowest BCUT2D eigenvalue weighted by atomic mass is 10.2. The monoisotopic (exact) mass is 226 g/mol. The van der Waals surface area contributed by atoms with Gasteiger partial charge in [-0.05, 0) is 19.4 Å². The zero-order valence-corrected chi connectivity index (χ0v) is 9.11. The first-order valence-electron chi connectivity index (χ1n) is 4.80. The molecule has 0 bridgehead atoms. The average molecular weight is 226 g/mol. The predicted octanol–water partition coefficient (Wildman–Crippen LogP) is 1.30. The van der Waals surface area contributed by atoms with Gasteiger partial charge in [0.1, 0.15) is 6.54 Å². The van der Waals surface area contributed by atoms with E-state index in [9.17, 15) is 18.0 Å². The minimum Gasteiger partial charge on any atom is -0.346 e. The van der Waals surface area contributed by atoms with Crippen LogP contribution in [0.1, 0.15) is 20.8 Å². The van der Waals surface area contributed by atoms with Crippen molar-refractivity contribution >= 4 is 5.91 Å². The van der Waals surface area contributed by atoms with Crippen molar-refractivity contribution in [2.24, 2.45) is 5.92 Å². The van der Waals surface area contributed by atoms with E-state index in [1.54, 1.807) is 0 Å². The number of hydrogen-bond donors (Lipinski definition) is 2. The Morgan fingerprint density at radius 1 is 1.27 bits per heavy atom. The Balaban J connectivity index is 3.80. The van der Waals surface area contributed by atoms with Crippen LogP contribution in [0, 0.1) is 5.92 Å². The van der Waals surface area contributed by atoms with Crippen LogP contribution in [0.4, 0.5) is 13.2 Å². The zero-order chi connectivity index (χ0) is 12.1. The first-order valence-corrected chi connectivity index (χ1v) is 4.80. The van der Waals surface area contributed by atoms with Crippen LogP contribution in [0.3, 0.4) is 0 Å². The summed E-state index contributed by atoms with van der Waals surface area (Å²) in [5, 5.41) is 4.66. The lowest BCUT2D eigenvalue weighted by molar-refractivity contribution is -0.139. The van der Waals surface area contributed by atoms with Gasteiger partial charge in [0.25, 0.3) is 0 Å². The van der Waals surface area contributed by atoms with Gasteiger partial charge in [-0.1, -0.05) is 13.8 Å². The van der Waals surface area contributed by atoms with E-state index in [0.29, 0.717) is 12.5 Å². The molecule has 15 heavy (non-hydrogen) atoms. The number of rotatable bonds is 5. The Morgan fingerprint density at radius 3 is 2.20 bits per heavy atom. The fraction of sp³-hybridized carbons (Fsp3) is 0.889. The number of carbonyl (C=O) groups excluding carboxylic acids is 1. The van der Waals surface area contributed by atoms with Gasteiger partial charge in [0.2, 0.25) is 5.91 Å². The third-order valence-electron chi connectivity index (χ3n) is 1.69. The number of hydrogen-bond acceptors (Lipinski definition) is 2. The van der Waals surface area contributed by atoms with Gasteiger partial charge >= 0.3 is 6.18 Å². The molecule has 6 heteroatoms. The van der Waals surface area contributed by atoms with E-state index in [1.807, 2.05) is 19.2 Å². The Kier molecular flexibility index (Phi) is 5.64. The number of alkyl halides is 3. The number of nitrogens with one attached hydrogen (secondary N) is 2. The van der Waals surface area contributed by atoms with Gasteiger partial charge in [0.05, 0.1) is 6.04 Å². The first kappa shape index (κ1) is 14.2. The molecule has 0 aliphatic carbocycles. The van der Waals surface area contributed by atoms with Gasteiger partial charge in [-0.15, -0.1) is 0 Å². The Bertz CT molecular complexity index is 204. The molecular weight excluding hydrogens is 209 g/mol. The quantitative estimate of drug-likeness (QED) is 0.742. The fourth-order valence-corrected chi connectivity index (χ4v) is 0.846. The van der Waals surface area contributed by atoms with E-state index < -0.39 is 24.7 Å². The Morgan fingerprint density at radius 2 is 1.80 bits per heavy atom. The third-order valence-corrected chi connectivity index (χ3v) is 1.69. The molecule has 0 aromatic rings. The summed E-state index contributed by atoms with van der Waals surface area (Å²) in [6, 6.07) is -0.602. The molecule has 0 aromatic heterocycles. The minimum atomic E-state index is -4.35. The second kappa shape index (κ2) is 5.95. The first-order chi connectivity index (χ1) is 6.72. The summed E-state index contributed by atoms with van der Waals surface area (Å²) in [5.74, 6) is -0.282. The van der Waals surface area contributed by atoms with Crippen LogP contribution in [0.2, 0.25) is 0 Å². The lowest BCUT2D eigenvalue weighted by Crippen LogP contribution is -2.46. The van der Waals surface area contributed by atoms with Crippen molar-refractivity contribution in [3.8, 4) is 0 Å². The maximum absolute atomic E-state index is 11.8. The highest BCUT2D eigenvalue weighted by atomic mass is 19.4. The van der Waals surface area contributed by atoms with Gasteiger partial charge in [0, 0.05) is 0 Å². The standard InChI is InChI=1S/C9H17F3N2O/c1-6(2)4-13-7(3)8(15)14-5-9(10,11)12/h6-7,13H,4-5H2,1-3H3,(H,14,15). The third kappa shape index (κ3) is 8.23. The molecule has 1 amide bonds. The van der Waals surface area contributed by atoms with Crippen LogP contribution in [0.5, 0.6) is 0 Å². The molecule has 1 unspecified atom stereocenters. The molecule has 0 heterocycles. The minimum absolute atomic E-state index is 0.350. The SMILES string of the molecule is CC(C)CNC(C)C(=O)NCC(F)(F)F. The average Bonchev–Trinajstić information content (AvgIpc) is 2.08. The number of halogens is 3. The van der Waals surface area contributed by atoms with Crippen LogP contribution in [0.15, 0.2) is 0 Å². The van der Waals surface area contributed by atoms with Crippen molar-refractivity contribution in [2.75, 3.05) is 13.1 Å².